The van der Waals surface area contributed by atoms with E-state index in [2.05, 4.69) is 0 Å². The van der Waals surface area contributed by atoms with Gasteiger partial charge in [0.15, 0.2) is 6.61 Å². The van der Waals surface area contributed by atoms with E-state index in [4.69, 9.17) is 9.15 Å². The molecule has 0 radical (unpaired) electrons. The molecule has 0 atom stereocenters. The molecule has 27 heavy (non-hydrogen) atoms. The molecule has 2 aromatic carbocycles. The maximum absolute atomic E-state index is 12.6. The molecule has 4 rings (SSSR count). The summed E-state index contributed by atoms with van der Waals surface area (Å²) in [5.41, 5.74) is 3.48. The second kappa shape index (κ2) is 7.48. The van der Waals surface area contributed by atoms with Crippen LogP contribution in [-0.2, 0) is 21.7 Å². The molecule has 1 aromatic heterocycles. The van der Waals surface area contributed by atoms with E-state index in [0.29, 0.717) is 17.9 Å². The van der Waals surface area contributed by atoms with E-state index in [1.54, 1.807) is 16.7 Å². The number of carbonyl (C=O) groups excluding carboxylic acids is 2. The molecule has 0 spiro atoms. The number of hydrogen-bond donors (Lipinski definition) is 0. The van der Waals surface area contributed by atoms with Gasteiger partial charge in [-0.25, -0.2) is 4.79 Å². The first-order valence-electron chi connectivity index (χ1n) is 8.74. The van der Waals surface area contributed by atoms with E-state index in [0.717, 1.165) is 28.6 Å². The number of fused-ring (bicyclic) bond motifs is 2. The number of amides is 1. The van der Waals surface area contributed by atoms with Gasteiger partial charge in [0, 0.05) is 28.9 Å². The van der Waals surface area contributed by atoms with E-state index in [9.17, 15) is 9.59 Å². The SMILES string of the molecule is CSCc1c(C(=O)OCC(=O)N2CCc3ccccc32)oc2ccccc12. The minimum Gasteiger partial charge on any atom is -0.450 e. The molecular formula is C21H19NO4S. The van der Waals surface area contributed by atoms with Crippen molar-refractivity contribution in [1.29, 1.82) is 0 Å². The molecule has 138 valence electrons. The maximum atomic E-state index is 12.6. The van der Waals surface area contributed by atoms with Crippen LogP contribution in [0.15, 0.2) is 52.9 Å². The number of thioether (sulfide) groups is 1. The topological polar surface area (TPSA) is 59.8 Å². The van der Waals surface area contributed by atoms with E-state index in [-0.39, 0.29) is 18.3 Å². The normalized spacial score (nSPS) is 13.0. The van der Waals surface area contributed by atoms with Gasteiger partial charge >= 0.3 is 5.97 Å². The summed E-state index contributed by atoms with van der Waals surface area (Å²) in [7, 11) is 0. The van der Waals surface area contributed by atoms with Gasteiger partial charge in [0.05, 0.1) is 0 Å². The van der Waals surface area contributed by atoms with Gasteiger partial charge in [-0.1, -0.05) is 36.4 Å². The lowest BCUT2D eigenvalue weighted by Crippen LogP contribution is -2.33. The minimum atomic E-state index is -0.601. The van der Waals surface area contributed by atoms with Crippen LogP contribution in [0.3, 0.4) is 0 Å². The second-order valence-electron chi connectivity index (χ2n) is 6.34. The first kappa shape index (κ1) is 17.7. The lowest BCUT2D eigenvalue weighted by molar-refractivity contribution is -0.121. The largest absolute Gasteiger partial charge is 0.450 e. The van der Waals surface area contributed by atoms with Crippen LogP contribution in [0.4, 0.5) is 5.69 Å². The smallest absolute Gasteiger partial charge is 0.375 e. The van der Waals surface area contributed by atoms with Crippen molar-refractivity contribution in [3.8, 4) is 0 Å². The fourth-order valence-corrected chi connectivity index (χ4v) is 3.99. The number of carbonyl (C=O) groups is 2. The third kappa shape index (κ3) is 3.32. The fourth-order valence-electron chi connectivity index (χ4n) is 3.42. The van der Waals surface area contributed by atoms with E-state index < -0.39 is 5.97 Å². The summed E-state index contributed by atoms with van der Waals surface area (Å²) in [5.74, 6) is -0.0124. The summed E-state index contributed by atoms with van der Waals surface area (Å²) in [6.45, 7) is 0.307. The molecule has 1 aliphatic rings. The average molecular weight is 381 g/mol. The van der Waals surface area contributed by atoms with Crippen LogP contribution in [0, 0.1) is 0 Å². The van der Waals surface area contributed by atoms with Crippen LogP contribution in [-0.4, -0.2) is 31.3 Å². The van der Waals surface area contributed by atoms with Gasteiger partial charge in [-0.05, 0) is 30.4 Å². The summed E-state index contributed by atoms with van der Waals surface area (Å²) >= 11 is 1.60. The Balaban J connectivity index is 1.49. The van der Waals surface area contributed by atoms with E-state index in [1.165, 1.54) is 0 Å². The van der Waals surface area contributed by atoms with Crippen molar-refractivity contribution in [2.45, 2.75) is 12.2 Å². The summed E-state index contributed by atoms with van der Waals surface area (Å²) in [5, 5.41) is 0.901. The zero-order valence-electron chi connectivity index (χ0n) is 14.9. The zero-order valence-corrected chi connectivity index (χ0v) is 15.8. The Bertz CT molecular complexity index is 1010. The Morgan fingerprint density at radius 2 is 1.93 bits per heavy atom. The van der Waals surface area contributed by atoms with Crippen LogP contribution in [0.5, 0.6) is 0 Å². The molecule has 0 unspecified atom stereocenters. The van der Waals surface area contributed by atoms with Gasteiger partial charge in [-0.2, -0.15) is 11.8 Å². The van der Waals surface area contributed by atoms with Gasteiger partial charge in [0.25, 0.3) is 5.91 Å². The summed E-state index contributed by atoms with van der Waals surface area (Å²) < 4.78 is 11.0. The van der Waals surface area contributed by atoms with Crippen molar-refractivity contribution in [2.75, 3.05) is 24.3 Å². The van der Waals surface area contributed by atoms with Gasteiger partial charge in [0.2, 0.25) is 5.76 Å². The Morgan fingerprint density at radius 1 is 1.15 bits per heavy atom. The molecular weight excluding hydrogens is 362 g/mol. The molecule has 1 aliphatic heterocycles. The number of nitrogens with zero attached hydrogens (tertiary/aromatic N) is 1. The molecule has 6 heteroatoms. The molecule has 1 amide bonds. The van der Waals surface area contributed by atoms with E-state index >= 15 is 0 Å². The number of rotatable bonds is 5. The lowest BCUT2D eigenvalue weighted by Gasteiger charge is -2.17. The van der Waals surface area contributed by atoms with Crippen LogP contribution >= 0.6 is 11.8 Å². The Kier molecular flexibility index (Phi) is 4.90. The quantitative estimate of drug-likeness (QED) is 0.624. The monoisotopic (exact) mass is 381 g/mol. The standard InChI is InChI=1S/C21H19NO4S/c1-27-13-16-15-7-3-5-9-18(15)26-20(16)21(24)25-12-19(23)22-11-10-14-6-2-4-8-17(14)22/h2-9H,10-13H2,1H3. The number of anilines is 1. The van der Waals surface area contributed by atoms with Gasteiger partial charge in [-0.15, -0.1) is 0 Å². The number of benzene rings is 2. The van der Waals surface area contributed by atoms with Crippen molar-refractivity contribution in [2.24, 2.45) is 0 Å². The number of furan rings is 1. The number of hydrogen-bond acceptors (Lipinski definition) is 5. The highest BCUT2D eigenvalue weighted by atomic mass is 32.2. The summed E-state index contributed by atoms with van der Waals surface area (Å²) in [6, 6.07) is 15.3. The number of esters is 1. The van der Waals surface area contributed by atoms with Crippen molar-refractivity contribution in [3.05, 3.63) is 65.4 Å². The molecule has 0 aliphatic carbocycles. The third-order valence-electron chi connectivity index (χ3n) is 4.69. The highest BCUT2D eigenvalue weighted by Crippen LogP contribution is 2.30. The van der Waals surface area contributed by atoms with Crippen LogP contribution < -0.4 is 4.90 Å². The minimum absolute atomic E-state index is 0.181. The van der Waals surface area contributed by atoms with Crippen LogP contribution in [0.1, 0.15) is 21.7 Å². The van der Waals surface area contributed by atoms with Crippen LogP contribution in [0.25, 0.3) is 11.0 Å². The molecule has 3 aromatic rings. The highest BCUT2D eigenvalue weighted by Gasteiger charge is 2.27. The van der Waals surface area contributed by atoms with E-state index in [1.807, 2.05) is 54.8 Å². The van der Waals surface area contributed by atoms with Crippen molar-refractivity contribution < 1.29 is 18.7 Å². The van der Waals surface area contributed by atoms with Crippen molar-refractivity contribution >= 4 is 40.3 Å². The Hall–Kier alpha value is -2.73. The molecule has 0 bridgehead atoms. The molecule has 0 saturated carbocycles. The van der Waals surface area contributed by atoms with Crippen LogP contribution in [0.2, 0.25) is 0 Å². The maximum Gasteiger partial charge on any atom is 0.375 e. The second-order valence-corrected chi connectivity index (χ2v) is 7.21. The fraction of sp³-hybridized carbons (Fsp3) is 0.238. The summed E-state index contributed by atoms with van der Waals surface area (Å²) in [4.78, 5) is 26.8. The van der Waals surface area contributed by atoms with Gasteiger partial charge in [-0.3, -0.25) is 4.79 Å². The van der Waals surface area contributed by atoms with Gasteiger partial charge < -0.3 is 14.1 Å². The number of ether oxygens (including phenoxy) is 1. The molecule has 0 saturated heterocycles. The zero-order chi connectivity index (χ0) is 18.8. The van der Waals surface area contributed by atoms with Crippen molar-refractivity contribution in [1.82, 2.24) is 0 Å². The average Bonchev–Trinajstić information content (AvgIpc) is 3.28. The van der Waals surface area contributed by atoms with Gasteiger partial charge in [0.1, 0.15) is 5.58 Å². The predicted octanol–water partition coefficient (Wildman–Crippen LogP) is 4.04. The Morgan fingerprint density at radius 3 is 2.78 bits per heavy atom. The Labute approximate surface area is 161 Å². The molecule has 2 heterocycles. The summed E-state index contributed by atoms with van der Waals surface area (Å²) in [6.07, 6.45) is 2.78. The predicted molar refractivity (Wildman–Crippen MR) is 106 cm³/mol. The molecule has 5 nitrogen and oxygen atoms in total. The van der Waals surface area contributed by atoms with Crippen molar-refractivity contribution in [3.63, 3.8) is 0 Å². The molecule has 0 N–H and O–H groups in total. The lowest BCUT2D eigenvalue weighted by atomic mass is 10.1. The first-order valence-corrected chi connectivity index (χ1v) is 10.1. The number of para-hydroxylation sites is 2. The third-order valence-corrected chi connectivity index (χ3v) is 5.26. The first-order chi connectivity index (χ1) is 13.2. The molecule has 0 fully saturated rings. The highest BCUT2D eigenvalue weighted by molar-refractivity contribution is 7.97.